The Labute approximate surface area is 160 Å². The molecule has 1 aliphatic rings. The molecule has 8 heteroatoms. The molecular weight excluding hydrogens is 364 g/mol. The largest absolute Gasteiger partial charge is 0.369 e. The fourth-order valence-corrected chi connectivity index (χ4v) is 3.49. The molecule has 6 nitrogen and oxygen atoms in total. The summed E-state index contributed by atoms with van der Waals surface area (Å²) >= 11 is 0. The van der Waals surface area contributed by atoms with E-state index in [1.54, 1.807) is 18.6 Å². The summed E-state index contributed by atoms with van der Waals surface area (Å²) < 4.78 is 26.6. The molecule has 1 fully saturated rings. The first-order valence-corrected chi connectivity index (χ1v) is 9.13. The van der Waals surface area contributed by atoms with Crippen molar-refractivity contribution in [3.8, 4) is 0 Å². The van der Waals surface area contributed by atoms with Gasteiger partial charge in [0.2, 0.25) is 5.91 Å². The molecule has 1 saturated heterocycles. The number of carbonyl (C=O) groups is 1. The van der Waals surface area contributed by atoms with Gasteiger partial charge in [-0.3, -0.25) is 9.78 Å². The van der Waals surface area contributed by atoms with Crippen LogP contribution in [0, 0.1) is 17.6 Å². The van der Waals surface area contributed by atoms with Gasteiger partial charge < -0.3 is 10.2 Å². The molecule has 3 heterocycles. The van der Waals surface area contributed by atoms with E-state index in [0.717, 1.165) is 31.1 Å². The highest BCUT2D eigenvalue weighted by atomic mass is 19.1. The molecule has 0 bridgehead atoms. The zero-order chi connectivity index (χ0) is 19.5. The lowest BCUT2D eigenvalue weighted by Crippen LogP contribution is -2.43. The van der Waals surface area contributed by atoms with E-state index in [9.17, 15) is 13.6 Å². The van der Waals surface area contributed by atoms with Crippen molar-refractivity contribution in [1.82, 2.24) is 20.3 Å². The molecule has 0 unspecified atom stereocenters. The van der Waals surface area contributed by atoms with E-state index in [1.165, 1.54) is 12.1 Å². The Morgan fingerprint density at radius 3 is 2.71 bits per heavy atom. The Kier molecular flexibility index (Phi) is 5.10. The number of carbonyl (C=O) groups excluding carboxylic acids is 1. The van der Waals surface area contributed by atoms with Gasteiger partial charge in [-0.25, -0.2) is 18.7 Å². The third-order valence-electron chi connectivity index (χ3n) is 4.86. The van der Waals surface area contributed by atoms with Crippen molar-refractivity contribution in [1.29, 1.82) is 0 Å². The fraction of sp³-hybridized carbons (Fsp3) is 0.300. The molecule has 0 saturated carbocycles. The van der Waals surface area contributed by atoms with Gasteiger partial charge in [-0.05, 0) is 36.6 Å². The van der Waals surface area contributed by atoms with E-state index in [1.807, 2.05) is 6.07 Å². The van der Waals surface area contributed by atoms with Crippen molar-refractivity contribution in [2.24, 2.45) is 5.92 Å². The molecule has 0 spiro atoms. The van der Waals surface area contributed by atoms with E-state index in [0.29, 0.717) is 23.3 Å². The molecule has 4 rings (SSSR count). The number of fused-ring (bicyclic) bond motifs is 1. The van der Waals surface area contributed by atoms with E-state index in [-0.39, 0.29) is 18.4 Å². The van der Waals surface area contributed by atoms with Gasteiger partial charge in [0, 0.05) is 38.1 Å². The highest BCUT2D eigenvalue weighted by molar-refractivity contribution is 5.80. The van der Waals surface area contributed by atoms with Crippen LogP contribution in [0.1, 0.15) is 18.4 Å². The van der Waals surface area contributed by atoms with Crippen LogP contribution in [0.4, 0.5) is 14.5 Å². The van der Waals surface area contributed by atoms with E-state index >= 15 is 0 Å². The van der Waals surface area contributed by atoms with Gasteiger partial charge in [0.1, 0.15) is 17.2 Å². The van der Waals surface area contributed by atoms with Crippen molar-refractivity contribution in [3.63, 3.8) is 0 Å². The molecule has 1 N–H and O–H groups in total. The van der Waals surface area contributed by atoms with Gasteiger partial charge in [-0.1, -0.05) is 0 Å². The topological polar surface area (TPSA) is 71.0 Å². The molecule has 2 aromatic heterocycles. The molecule has 1 amide bonds. The van der Waals surface area contributed by atoms with Crippen molar-refractivity contribution in [3.05, 3.63) is 60.1 Å². The number of aromatic nitrogens is 3. The van der Waals surface area contributed by atoms with E-state index in [4.69, 9.17) is 0 Å². The number of rotatable bonds is 4. The number of pyridine rings is 1. The van der Waals surface area contributed by atoms with Gasteiger partial charge in [-0.15, -0.1) is 0 Å². The number of halogens is 2. The standard InChI is InChI=1S/C20H19F2N5O/c21-15-6-13(7-16(22)8-15)10-26-20(28)14-2-1-5-27(12-14)17-9-18-19(25-11-17)24-4-3-23-18/h3-4,6-9,11,14H,1-2,5,10,12H2,(H,26,28)/t14-/m0/s1. The third kappa shape index (κ3) is 4.05. The van der Waals surface area contributed by atoms with Crippen LogP contribution in [0.15, 0.2) is 42.9 Å². The van der Waals surface area contributed by atoms with Crippen LogP contribution < -0.4 is 10.2 Å². The second kappa shape index (κ2) is 7.84. The Hall–Kier alpha value is -3.16. The summed E-state index contributed by atoms with van der Waals surface area (Å²) in [5.74, 6) is -1.63. The van der Waals surface area contributed by atoms with Crippen molar-refractivity contribution in [2.75, 3.05) is 18.0 Å². The molecule has 3 aromatic rings. The number of amides is 1. The second-order valence-corrected chi connectivity index (χ2v) is 6.87. The highest BCUT2D eigenvalue weighted by Gasteiger charge is 2.26. The van der Waals surface area contributed by atoms with Crippen LogP contribution in [0.3, 0.4) is 0 Å². The predicted octanol–water partition coefficient (Wildman–Crippen LogP) is 2.84. The normalized spacial score (nSPS) is 16.9. The number of piperidine rings is 1. The van der Waals surface area contributed by atoms with Crippen LogP contribution in [0.5, 0.6) is 0 Å². The Bertz CT molecular complexity index is 993. The molecule has 1 aromatic carbocycles. The third-order valence-corrected chi connectivity index (χ3v) is 4.86. The molecule has 0 aliphatic carbocycles. The fourth-order valence-electron chi connectivity index (χ4n) is 3.49. The lowest BCUT2D eigenvalue weighted by atomic mass is 9.96. The van der Waals surface area contributed by atoms with Crippen LogP contribution in [0.25, 0.3) is 11.2 Å². The number of benzene rings is 1. The van der Waals surface area contributed by atoms with E-state index < -0.39 is 11.6 Å². The Morgan fingerprint density at radius 1 is 1.11 bits per heavy atom. The smallest absolute Gasteiger partial charge is 0.225 e. The second-order valence-electron chi connectivity index (χ2n) is 6.87. The van der Waals surface area contributed by atoms with Gasteiger partial charge in [0.05, 0.1) is 17.8 Å². The van der Waals surface area contributed by atoms with Gasteiger partial charge in [0.25, 0.3) is 0 Å². The number of anilines is 1. The number of nitrogens with zero attached hydrogens (tertiary/aromatic N) is 4. The van der Waals surface area contributed by atoms with Crippen molar-refractivity contribution < 1.29 is 13.6 Å². The minimum Gasteiger partial charge on any atom is -0.369 e. The van der Waals surface area contributed by atoms with Crippen molar-refractivity contribution >= 4 is 22.8 Å². The first-order valence-electron chi connectivity index (χ1n) is 9.13. The quantitative estimate of drug-likeness (QED) is 0.750. The first kappa shape index (κ1) is 18.2. The molecule has 144 valence electrons. The summed E-state index contributed by atoms with van der Waals surface area (Å²) in [4.78, 5) is 27.4. The molecule has 28 heavy (non-hydrogen) atoms. The summed E-state index contributed by atoms with van der Waals surface area (Å²) in [5.41, 5.74) is 2.59. The molecule has 1 aliphatic heterocycles. The zero-order valence-electron chi connectivity index (χ0n) is 15.1. The van der Waals surface area contributed by atoms with Crippen LogP contribution in [-0.4, -0.2) is 33.9 Å². The first-order chi connectivity index (χ1) is 13.6. The summed E-state index contributed by atoms with van der Waals surface area (Å²) in [6, 6.07) is 5.17. The minimum atomic E-state index is -0.653. The monoisotopic (exact) mass is 383 g/mol. The summed E-state index contributed by atoms with van der Waals surface area (Å²) in [5, 5.41) is 2.79. The maximum absolute atomic E-state index is 13.3. The van der Waals surface area contributed by atoms with Gasteiger partial charge in [-0.2, -0.15) is 0 Å². The van der Waals surface area contributed by atoms with Gasteiger partial charge in [0.15, 0.2) is 5.65 Å². The lowest BCUT2D eigenvalue weighted by molar-refractivity contribution is -0.125. The van der Waals surface area contributed by atoms with Crippen LogP contribution in [-0.2, 0) is 11.3 Å². The zero-order valence-corrected chi connectivity index (χ0v) is 15.1. The highest BCUT2D eigenvalue weighted by Crippen LogP contribution is 2.24. The minimum absolute atomic E-state index is 0.0944. The average molecular weight is 383 g/mol. The molecule has 0 radical (unpaired) electrons. The maximum Gasteiger partial charge on any atom is 0.225 e. The van der Waals surface area contributed by atoms with Crippen LogP contribution in [0.2, 0.25) is 0 Å². The number of nitrogens with one attached hydrogen (secondary N) is 1. The molecule has 1 atom stereocenters. The SMILES string of the molecule is O=C(NCc1cc(F)cc(F)c1)[C@H]1CCCN(c2cnc3nccnc3c2)C1. The van der Waals surface area contributed by atoms with Crippen molar-refractivity contribution in [2.45, 2.75) is 19.4 Å². The summed E-state index contributed by atoms with van der Waals surface area (Å²) in [7, 11) is 0. The average Bonchev–Trinajstić information content (AvgIpc) is 2.71. The number of hydrogen-bond donors (Lipinski definition) is 1. The number of hydrogen-bond acceptors (Lipinski definition) is 5. The summed E-state index contributed by atoms with van der Waals surface area (Å²) in [6.45, 7) is 1.47. The van der Waals surface area contributed by atoms with Gasteiger partial charge >= 0.3 is 0 Å². The Balaban J connectivity index is 1.41. The lowest BCUT2D eigenvalue weighted by Gasteiger charge is -2.33. The maximum atomic E-state index is 13.3. The predicted molar refractivity (Wildman–Crippen MR) is 100 cm³/mol. The van der Waals surface area contributed by atoms with Crippen LogP contribution >= 0.6 is 0 Å². The Morgan fingerprint density at radius 2 is 1.89 bits per heavy atom. The summed E-state index contributed by atoms with van der Waals surface area (Å²) in [6.07, 6.45) is 6.59. The molecular formula is C20H19F2N5O. The van der Waals surface area contributed by atoms with E-state index in [2.05, 4.69) is 25.2 Å².